The zero-order valence-corrected chi connectivity index (χ0v) is 7.25. The molecule has 0 aliphatic carbocycles. The molecule has 0 saturated heterocycles. The van der Waals surface area contributed by atoms with Gasteiger partial charge in [0.25, 0.3) is 0 Å². The highest BCUT2D eigenvalue weighted by atomic mass is 16.6. The van der Waals surface area contributed by atoms with Crippen LogP contribution in [0.25, 0.3) is 0 Å². The molecule has 1 N–H and O–H groups in total. The van der Waals surface area contributed by atoms with Gasteiger partial charge in [0.1, 0.15) is 0 Å². The normalized spacial score (nSPS) is 8.00. The minimum absolute atomic E-state index is 0.484. The number of nitrogens with zero attached hydrogens (tertiary/aromatic N) is 2. The van der Waals surface area contributed by atoms with Gasteiger partial charge in [-0.25, -0.2) is 10.2 Å². The molecule has 8 nitrogen and oxygen atoms in total. The van der Waals surface area contributed by atoms with Crippen LogP contribution in [0.3, 0.4) is 0 Å². The van der Waals surface area contributed by atoms with Gasteiger partial charge in [0, 0.05) is 12.1 Å². The van der Waals surface area contributed by atoms with Crippen molar-refractivity contribution in [2.45, 2.75) is 0 Å². The molecule has 1 aromatic rings. The van der Waals surface area contributed by atoms with Crippen LogP contribution in [0, 0.1) is 25.6 Å². The van der Waals surface area contributed by atoms with Crippen molar-refractivity contribution in [2.75, 3.05) is 0 Å². The van der Waals surface area contributed by atoms with E-state index in [1.807, 2.05) is 0 Å². The molecule has 0 aromatic heterocycles. The van der Waals surface area contributed by atoms with Gasteiger partial charge in [-0.1, -0.05) is 12.1 Å². The van der Waals surface area contributed by atoms with Gasteiger partial charge >= 0.3 is 11.4 Å². The first-order valence-corrected chi connectivity index (χ1v) is 3.46. The van der Waals surface area contributed by atoms with Crippen molar-refractivity contribution in [1.29, 1.82) is 5.41 Å². The van der Waals surface area contributed by atoms with Crippen molar-refractivity contribution in [3.05, 3.63) is 44.5 Å². The molecule has 0 unspecified atom stereocenters. The molecule has 0 atom stereocenters. The molecule has 0 heterocycles. The predicted molar refractivity (Wildman–Crippen MR) is 48.2 cm³/mol. The Bertz CT molecular complexity index is 378. The lowest BCUT2D eigenvalue weighted by Crippen LogP contribution is -1.95. The summed E-state index contributed by atoms with van der Waals surface area (Å²) in [5.74, 6) is 0. The third kappa shape index (κ3) is 3.75. The third-order valence-electron chi connectivity index (χ3n) is 1.28. The van der Waals surface area contributed by atoms with E-state index in [9.17, 15) is 20.2 Å². The first-order valence-electron chi connectivity index (χ1n) is 3.46. The molecule has 0 bridgehead atoms. The molecule has 1 rings (SSSR count). The second-order valence-corrected chi connectivity index (χ2v) is 2.10. The molecular weight excluding hydrogens is 206 g/mol. The van der Waals surface area contributed by atoms with Crippen molar-refractivity contribution in [1.82, 2.24) is 0 Å². The van der Waals surface area contributed by atoms with Crippen molar-refractivity contribution in [2.24, 2.45) is 0 Å². The lowest BCUT2D eigenvalue weighted by Gasteiger charge is -1.91. The van der Waals surface area contributed by atoms with Gasteiger partial charge in [-0.2, -0.15) is 0 Å². The summed E-state index contributed by atoms with van der Waals surface area (Å²) in [7, 11) is 0. The van der Waals surface area contributed by atoms with Gasteiger partial charge in [-0.3, -0.25) is 20.2 Å². The standard InChI is InChI=1S/C6H4N2O4.CHNO/c9-7(10)5-3-1-2-4-6(5)8(11)12;2-1-3/h1-4H;2H. The van der Waals surface area contributed by atoms with Crippen molar-refractivity contribution < 1.29 is 14.6 Å². The van der Waals surface area contributed by atoms with Gasteiger partial charge in [0.2, 0.25) is 6.08 Å². The molecule has 8 heteroatoms. The maximum atomic E-state index is 10.2. The molecule has 0 aliphatic rings. The van der Waals surface area contributed by atoms with Crippen LogP contribution >= 0.6 is 0 Å². The Labute approximate surface area is 83.0 Å². The summed E-state index contributed by atoms with van der Waals surface area (Å²) in [4.78, 5) is 27.2. The maximum Gasteiger partial charge on any atom is 0.346 e. The van der Waals surface area contributed by atoms with Gasteiger partial charge in [-0.05, 0) is 0 Å². The number of hydrogen-bond acceptors (Lipinski definition) is 6. The monoisotopic (exact) mass is 211 g/mol. The van der Waals surface area contributed by atoms with Crippen LogP contribution in [0.15, 0.2) is 24.3 Å². The number of nitrogens with one attached hydrogen (secondary N) is 1. The summed E-state index contributed by atoms with van der Waals surface area (Å²) in [6.07, 6.45) is 0.750. The molecule has 78 valence electrons. The SMILES string of the molecule is N=C=O.O=[N+]([O-])c1ccccc1[N+](=O)[O-]. The second-order valence-electron chi connectivity index (χ2n) is 2.10. The summed E-state index contributed by atoms with van der Waals surface area (Å²) < 4.78 is 0. The van der Waals surface area contributed by atoms with Crippen LogP contribution in [-0.4, -0.2) is 15.9 Å². The molecule has 0 radical (unpaired) electrons. The van der Waals surface area contributed by atoms with E-state index < -0.39 is 21.2 Å². The Hall–Kier alpha value is -2.60. The molecule has 15 heavy (non-hydrogen) atoms. The molecule has 0 fully saturated rings. The Morgan fingerprint density at radius 2 is 1.33 bits per heavy atom. The minimum Gasteiger partial charge on any atom is -0.258 e. The average molecular weight is 211 g/mol. The number of benzene rings is 1. The van der Waals surface area contributed by atoms with Gasteiger partial charge in [-0.15, -0.1) is 0 Å². The zero-order valence-electron chi connectivity index (χ0n) is 7.25. The summed E-state index contributed by atoms with van der Waals surface area (Å²) in [6.45, 7) is 0. The van der Waals surface area contributed by atoms with Crippen LogP contribution in [0.4, 0.5) is 11.4 Å². The largest absolute Gasteiger partial charge is 0.346 e. The molecule has 0 amide bonds. The Kier molecular flexibility index (Phi) is 4.92. The highest BCUT2D eigenvalue weighted by Gasteiger charge is 2.21. The van der Waals surface area contributed by atoms with Gasteiger partial charge in [0.15, 0.2) is 0 Å². The molecular formula is C7H5N3O5. The minimum atomic E-state index is -0.780. The number of para-hydroxylation sites is 2. The predicted octanol–water partition coefficient (Wildman–Crippen LogP) is 1.40. The number of isocyanates is 1. The lowest BCUT2D eigenvalue weighted by atomic mass is 10.3. The first kappa shape index (κ1) is 12.4. The topological polar surface area (TPSA) is 127 Å². The van der Waals surface area contributed by atoms with E-state index in [2.05, 4.69) is 0 Å². The highest BCUT2D eigenvalue weighted by Crippen LogP contribution is 2.24. The second kappa shape index (κ2) is 5.95. The third-order valence-corrected chi connectivity index (χ3v) is 1.28. The van der Waals surface area contributed by atoms with E-state index >= 15 is 0 Å². The molecule has 0 saturated carbocycles. The number of nitro groups is 2. The fraction of sp³-hybridized carbons (Fsp3) is 0. The quantitative estimate of drug-likeness (QED) is 0.342. The van der Waals surface area contributed by atoms with Crippen LogP contribution < -0.4 is 0 Å². The van der Waals surface area contributed by atoms with Gasteiger partial charge < -0.3 is 0 Å². The first-order chi connectivity index (χ1) is 7.04. The van der Waals surface area contributed by atoms with Gasteiger partial charge in [0.05, 0.1) is 9.85 Å². The Balaban J connectivity index is 0.000000583. The van der Waals surface area contributed by atoms with Crippen LogP contribution in [0.1, 0.15) is 0 Å². The van der Waals surface area contributed by atoms with E-state index in [0.717, 1.165) is 18.2 Å². The van der Waals surface area contributed by atoms with E-state index in [0.29, 0.717) is 0 Å². The highest BCUT2D eigenvalue weighted by molar-refractivity contribution is 5.51. The van der Waals surface area contributed by atoms with Crippen LogP contribution in [-0.2, 0) is 4.79 Å². The van der Waals surface area contributed by atoms with Crippen molar-refractivity contribution in [3.63, 3.8) is 0 Å². The Morgan fingerprint density at radius 3 is 1.53 bits per heavy atom. The van der Waals surface area contributed by atoms with Crippen LogP contribution in [0.2, 0.25) is 0 Å². The summed E-state index contributed by atoms with van der Waals surface area (Å²) in [5, 5.41) is 25.9. The van der Waals surface area contributed by atoms with E-state index in [1.54, 1.807) is 0 Å². The van der Waals surface area contributed by atoms with E-state index in [-0.39, 0.29) is 0 Å². The average Bonchev–Trinajstić information content (AvgIpc) is 2.19. The summed E-state index contributed by atoms with van der Waals surface area (Å²) >= 11 is 0. The zero-order chi connectivity index (χ0) is 11.8. The van der Waals surface area contributed by atoms with E-state index in [4.69, 9.17) is 10.2 Å². The van der Waals surface area contributed by atoms with E-state index in [1.165, 1.54) is 12.1 Å². The molecule has 1 aromatic carbocycles. The summed E-state index contributed by atoms with van der Waals surface area (Å²) in [5.41, 5.74) is -0.968. The van der Waals surface area contributed by atoms with Crippen molar-refractivity contribution in [3.8, 4) is 0 Å². The lowest BCUT2D eigenvalue weighted by molar-refractivity contribution is -0.422. The molecule has 0 aliphatic heterocycles. The summed E-state index contributed by atoms with van der Waals surface area (Å²) in [6, 6.07) is 4.95. The van der Waals surface area contributed by atoms with Crippen LogP contribution in [0.5, 0.6) is 0 Å². The van der Waals surface area contributed by atoms with Crippen molar-refractivity contribution >= 4 is 17.5 Å². The number of nitro benzene ring substituents is 2. The number of carbonyl (C=O) groups excluding carboxylic acids is 1. The number of rotatable bonds is 2. The molecule has 0 spiro atoms. The fourth-order valence-corrected chi connectivity index (χ4v) is 0.773. The smallest absolute Gasteiger partial charge is 0.258 e. The maximum absolute atomic E-state index is 10.2. The fourth-order valence-electron chi connectivity index (χ4n) is 0.773. The number of hydrogen-bond donors (Lipinski definition) is 1. The Morgan fingerprint density at radius 1 is 1.07 bits per heavy atom.